The Hall–Kier alpha value is -3.15. The normalized spacial score (nSPS) is 22.7. The Bertz CT molecular complexity index is 1050. The summed E-state index contributed by atoms with van der Waals surface area (Å²) in [6, 6.07) is 1.89. The molecule has 4 amide bonds. The molecule has 12 heteroatoms. The molecule has 0 unspecified atom stereocenters. The number of non-ortho nitro benzene ring substituents is 1. The first-order chi connectivity index (χ1) is 15.5. The Morgan fingerprint density at radius 2 is 1.88 bits per heavy atom. The number of ether oxygens (including phenoxy) is 1. The van der Waals surface area contributed by atoms with Gasteiger partial charge in [-0.05, 0) is 33.3 Å². The van der Waals surface area contributed by atoms with E-state index in [9.17, 15) is 29.3 Å². The Labute approximate surface area is 194 Å². The zero-order chi connectivity index (χ0) is 24.1. The van der Waals surface area contributed by atoms with Crippen molar-refractivity contribution in [1.82, 2.24) is 14.7 Å². The quantitative estimate of drug-likeness (QED) is 0.368. The predicted molar refractivity (Wildman–Crippen MR) is 118 cm³/mol. The zero-order valence-electron chi connectivity index (χ0n) is 18.5. The minimum absolute atomic E-state index is 0.0521. The topological polar surface area (TPSA) is 130 Å². The Morgan fingerprint density at radius 3 is 2.48 bits per heavy atom. The molecule has 2 saturated heterocycles. The fraction of sp³-hybridized carbons (Fsp3) is 0.524. The van der Waals surface area contributed by atoms with E-state index in [1.54, 1.807) is 37.4 Å². The molecule has 3 aliphatic heterocycles. The average molecular weight is 477 g/mol. The van der Waals surface area contributed by atoms with Crippen molar-refractivity contribution in [2.24, 2.45) is 0 Å². The van der Waals surface area contributed by atoms with Crippen molar-refractivity contribution in [2.45, 2.75) is 44.9 Å². The standard InChI is InChI=1S/C21H24N4O7S/c1-21(2,3)32-20(29)23-10-13(9-16(23)19(28)22-6-7-33-11-22)24-17(26)14-5-4-12(25(30)31)8-15(14)18(24)27/h4-5,8,13,16H,6-7,9-11H2,1-3H3/t13-,16-/m0/s1. The molecular weight excluding hydrogens is 452 g/mol. The number of thioether (sulfide) groups is 1. The molecule has 0 N–H and O–H groups in total. The van der Waals surface area contributed by atoms with E-state index < -0.39 is 40.5 Å². The number of likely N-dealkylation sites (tertiary alicyclic amines) is 1. The SMILES string of the molecule is CC(C)(C)OC(=O)N1C[C@@H](N2C(=O)c3ccc([N+](=O)[O-])cc3C2=O)C[C@H]1C(=O)N1CCSC1. The molecule has 0 radical (unpaired) electrons. The molecule has 1 aromatic rings. The van der Waals surface area contributed by atoms with Gasteiger partial charge in [0.15, 0.2) is 0 Å². The molecule has 2 fully saturated rings. The fourth-order valence-corrected chi connectivity index (χ4v) is 5.20. The van der Waals surface area contributed by atoms with Gasteiger partial charge in [-0.25, -0.2) is 4.79 Å². The van der Waals surface area contributed by atoms with E-state index in [2.05, 4.69) is 0 Å². The van der Waals surface area contributed by atoms with Crippen molar-refractivity contribution in [2.75, 3.05) is 24.7 Å². The van der Waals surface area contributed by atoms with Crippen LogP contribution < -0.4 is 0 Å². The molecule has 0 saturated carbocycles. The van der Waals surface area contributed by atoms with Crippen LogP contribution >= 0.6 is 11.8 Å². The van der Waals surface area contributed by atoms with Gasteiger partial charge in [0.2, 0.25) is 5.91 Å². The number of carbonyl (C=O) groups excluding carboxylic acids is 4. The first kappa shape index (κ1) is 23.0. The number of rotatable bonds is 3. The van der Waals surface area contributed by atoms with E-state index in [0.717, 1.165) is 16.7 Å². The second-order valence-corrected chi connectivity index (χ2v) is 10.2. The maximum absolute atomic E-state index is 13.2. The van der Waals surface area contributed by atoms with Crippen LogP contribution in [-0.2, 0) is 9.53 Å². The Morgan fingerprint density at radius 1 is 1.18 bits per heavy atom. The lowest BCUT2D eigenvalue weighted by atomic mass is 10.1. The number of carbonyl (C=O) groups is 4. The highest BCUT2D eigenvalue weighted by Crippen LogP contribution is 2.34. The highest BCUT2D eigenvalue weighted by Gasteiger charge is 2.50. The van der Waals surface area contributed by atoms with Gasteiger partial charge in [0.1, 0.15) is 11.6 Å². The van der Waals surface area contributed by atoms with Gasteiger partial charge in [-0.1, -0.05) is 0 Å². The fourth-order valence-electron chi connectivity index (χ4n) is 4.25. The molecule has 11 nitrogen and oxygen atoms in total. The summed E-state index contributed by atoms with van der Waals surface area (Å²) in [5, 5.41) is 11.1. The molecule has 0 aromatic heterocycles. The largest absolute Gasteiger partial charge is 0.444 e. The zero-order valence-corrected chi connectivity index (χ0v) is 19.3. The first-order valence-electron chi connectivity index (χ1n) is 10.5. The smallest absolute Gasteiger partial charge is 0.411 e. The van der Waals surface area contributed by atoms with Crippen LogP contribution in [0.2, 0.25) is 0 Å². The molecular formula is C21H24N4O7S. The number of hydrogen-bond acceptors (Lipinski definition) is 8. The number of nitrogens with zero attached hydrogens (tertiary/aromatic N) is 4. The Balaban J connectivity index is 1.62. The molecule has 33 heavy (non-hydrogen) atoms. The van der Waals surface area contributed by atoms with Crippen molar-refractivity contribution in [1.29, 1.82) is 0 Å². The summed E-state index contributed by atoms with van der Waals surface area (Å²) < 4.78 is 5.48. The number of nitro groups is 1. The van der Waals surface area contributed by atoms with Gasteiger partial charge in [0.05, 0.1) is 28.0 Å². The van der Waals surface area contributed by atoms with Gasteiger partial charge >= 0.3 is 6.09 Å². The summed E-state index contributed by atoms with van der Waals surface area (Å²) in [5.41, 5.74) is -1.07. The van der Waals surface area contributed by atoms with E-state index in [0.29, 0.717) is 12.4 Å². The third-order valence-electron chi connectivity index (χ3n) is 5.73. The number of hydrogen-bond donors (Lipinski definition) is 0. The number of nitro benzene ring substituents is 1. The highest BCUT2D eigenvalue weighted by molar-refractivity contribution is 7.99. The van der Waals surface area contributed by atoms with Crippen molar-refractivity contribution < 1.29 is 28.8 Å². The maximum Gasteiger partial charge on any atom is 0.411 e. The van der Waals surface area contributed by atoms with Crippen LogP contribution in [0.4, 0.5) is 10.5 Å². The van der Waals surface area contributed by atoms with E-state index in [1.807, 2.05) is 0 Å². The second kappa shape index (κ2) is 8.32. The molecule has 2 atom stereocenters. The van der Waals surface area contributed by atoms with Gasteiger partial charge in [-0.15, -0.1) is 11.8 Å². The van der Waals surface area contributed by atoms with Gasteiger partial charge in [-0.2, -0.15) is 0 Å². The summed E-state index contributed by atoms with van der Waals surface area (Å²) in [6.45, 7) is 5.64. The summed E-state index contributed by atoms with van der Waals surface area (Å²) in [5.74, 6) is -0.202. The third kappa shape index (κ3) is 4.26. The minimum atomic E-state index is -0.873. The minimum Gasteiger partial charge on any atom is -0.444 e. The van der Waals surface area contributed by atoms with Gasteiger partial charge in [-0.3, -0.25) is 34.3 Å². The van der Waals surface area contributed by atoms with Gasteiger partial charge in [0.25, 0.3) is 17.5 Å². The summed E-state index contributed by atoms with van der Waals surface area (Å²) in [6.07, 6.45) is -0.616. The summed E-state index contributed by atoms with van der Waals surface area (Å²) in [7, 11) is 0. The maximum atomic E-state index is 13.2. The monoisotopic (exact) mass is 476 g/mol. The van der Waals surface area contributed by atoms with E-state index in [4.69, 9.17) is 4.74 Å². The number of benzene rings is 1. The highest BCUT2D eigenvalue weighted by atomic mass is 32.2. The van der Waals surface area contributed by atoms with E-state index in [1.165, 1.54) is 17.0 Å². The number of fused-ring (bicyclic) bond motifs is 1. The lowest BCUT2D eigenvalue weighted by Crippen LogP contribution is -2.48. The van der Waals surface area contributed by atoms with Crippen LogP contribution in [0.5, 0.6) is 0 Å². The predicted octanol–water partition coefficient (Wildman–Crippen LogP) is 2.10. The van der Waals surface area contributed by atoms with Crippen LogP contribution in [0, 0.1) is 10.1 Å². The molecule has 0 bridgehead atoms. The van der Waals surface area contributed by atoms with Crippen molar-refractivity contribution in [3.63, 3.8) is 0 Å². The van der Waals surface area contributed by atoms with Crippen molar-refractivity contribution in [3.8, 4) is 0 Å². The third-order valence-corrected chi connectivity index (χ3v) is 6.70. The molecule has 3 aliphatic rings. The molecule has 3 heterocycles. The summed E-state index contributed by atoms with van der Waals surface area (Å²) in [4.78, 5) is 66.6. The molecule has 0 aliphatic carbocycles. The van der Waals surface area contributed by atoms with Crippen LogP contribution in [0.25, 0.3) is 0 Å². The molecule has 176 valence electrons. The lowest BCUT2D eigenvalue weighted by molar-refractivity contribution is -0.384. The average Bonchev–Trinajstić information content (AvgIpc) is 3.46. The van der Waals surface area contributed by atoms with Crippen LogP contribution in [0.15, 0.2) is 18.2 Å². The van der Waals surface area contributed by atoms with Crippen molar-refractivity contribution in [3.05, 3.63) is 39.4 Å². The van der Waals surface area contributed by atoms with Crippen LogP contribution in [0.3, 0.4) is 0 Å². The van der Waals surface area contributed by atoms with Crippen LogP contribution in [-0.4, -0.2) is 85.8 Å². The Kier molecular flexibility index (Phi) is 5.81. The van der Waals surface area contributed by atoms with Crippen molar-refractivity contribution >= 4 is 41.3 Å². The van der Waals surface area contributed by atoms with E-state index >= 15 is 0 Å². The first-order valence-corrected chi connectivity index (χ1v) is 11.7. The number of amides is 4. The van der Waals surface area contributed by atoms with Gasteiger partial charge in [0, 0.05) is 31.0 Å². The lowest BCUT2D eigenvalue weighted by Gasteiger charge is -2.29. The molecule has 4 rings (SSSR count). The van der Waals surface area contributed by atoms with Gasteiger partial charge < -0.3 is 9.64 Å². The molecule has 1 aromatic carbocycles. The second-order valence-electron chi connectivity index (χ2n) is 9.14. The van der Waals surface area contributed by atoms with Crippen LogP contribution in [0.1, 0.15) is 47.9 Å². The molecule has 0 spiro atoms. The van der Waals surface area contributed by atoms with E-state index in [-0.39, 0.29) is 35.7 Å². The summed E-state index contributed by atoms with van der Waals surface area (Å²) >= 11 is 1.61. The number of imide groups is 1.